The number of rotatable bonds is 10. The normalized spacial score (nSPS) is 10.5. The number of benzene rings is 3. The molecule has 3 rings (SSSR count). The lowest BCUT2D eigenvalue weighted by Crippen LogP contribution is -2.30. The van der Waals surface area contributed by atoms with Gasteiger partial charge in [-0.15, -0.1) is 0 Å². The third-order valence-electron chi connectivity index (χ3n) is 4.89. The maximum absolute atomic E-state index is 13.0. The van der Waals surface area contributed by atoms with Crippen LogP contribution in [0.5, 0.6) is 5.75 Å². The Kier molecular flexibility index (Phi) is 8.47. The highest BCUT2D eigenvalue weighted by molar-refractivity contribution is 6.06. The van der Waals surface area contributed by atoms with Crippen molar-refractivity contribution in [1.29, 1.82) is 0 Å². The second kappa shape index (κ2) is 11.7. The molecule has 0 heterocycles. The van der Waals surface area contributed by atoms with Crippen LogP contribution < -0.4 is 20.3 Å². The van der Waals surface area contributed by atoms with E-state index in [-0.39, 0.29) is 18.4 Å². The predicted octanol–water partition coefficient (Wildman–Crippen LogP) is 5.44. The number of carbonyl (C=O) groups excluding carboxylic acids is 2. The molecule has 0 aliphatic heterocycles. The van der Waals surface area contributed by atoms with Gasteiger partial charge in [0.25, 0.3) is 5.91 Å². The SMILES string of the molecule is CCN(C(=O)c1cccc(NCC(=O)Nc2cccc(OCC(C)C)c2)c1)c1ccccc1. The molecule has 0 aliphatic carbocycles. The lowest BCUT2D eigenvalue weighted by atomic mass is 10.1. The van der Waals surface area contributed by atoms with Gasteiger partial charge in [0, 0.05) is 35.2 Å². The van der Waals surface area contributed by atoms with Crippen molar-refractivity contribution in [2.75, 3.05) is 35.2 Å². The number of amides is 2. The molecule has 0 aromatic heterocycles. The van der Waals surface area contributed by atoms with Crippen LogP contribution in [0, 0.1) is 5.92 Å². The third-order valence-corrected chi connectivity index (χ3v) is 4.89. The first-order valence-corrected chi connectivity index (χ1v) is 11.2. The van der Waals surface area contributed by atoms with E-state index in [2.05, 4.69) is 24.5 Å². The zero-order chi connectivity index (χ0) is 23.6. The average molecular weight is 446 g/mol. The number of para-hydroxylation sites is 1. The van der Waals surface area contributed by atoms with Crippen LogP contribution in [0.2, 0.25) is 0 Å². The lowest BCUT2D eigenvalue weighted by Gasteiger charge is -2.21. The summed E-state index contributed by atoms with van der Waals surface area (Å²) in [5.41, 5.74) is 2.78. The van der Waals surface area contributed by atoms with E-state index in [1.165, 1.54) is 0 Å². The Morgan fingerprint density at radius 3 is 2.36 bits per heavy atom. The summed E-state index contributed by atoms with van der Waals surface area (Å²) >= 11 is 0. The van der Waals surface area contributed by atoms with E-state index in [9.17, 15) is 9.59 Å². The van der Waals surface area contributed by atoms with Gasteiger partial charge in [0.15, 0.2) is 0 Å². The smallest absolute Gasteiger partial charge is 0.258 e. The maximum Gasteiger partial charge on any atom is 0.258 e. The number of hydrogen-bond donors (Lipinski definition) is 2. The summed E-state index contributed by atoms with van der Waals surface area (Å²) in [5.74, 6) is 0.869. The molecular formula is C27H31N3O3. The van der Waals surface area contributed by atoms with Crippen LogP contribution in [0.1, 0.15) is 31.1 Å². The minimum atomic E-state index is -0.188. The van der Waals surface area contributed by atoms with Crippen LogP contribution in [0.15, 0.2) is 78.9 Å². The monoisotopic (exact) mass is 445 g/mol. The minimum absolute atomic E-state index is 0.0743. The second-order valence-electron chi connectivity index (χ2n) is 8.10. The van der Waals surface area contributed by atoms with Gasteiger partial charge in [-0.3, -0.25) is 9.59 Å². The fourth-order valence-corrected chi connectivity index (χ4v) is 3.28. The first kappa shape index (κ1) is 23.9. The molecule has 0 radical (unpaired) electrons. The number of nitrogens with zero attached hydrogens (tertiary/aromatic N) is 1. The summed E-state index contributed by atoms with van der Waals surface area (Å²) < 4.78 is 5.71. The Morgan fingerprint density at radius 1 is 0.909 bits per heavy atom. The molecule has 3 aromatic carbocycles. The Bertz CT molecular complexity index is 1070. The van der Waals surface area contributed by atoms with Gasteiger partial charge in [-0.05, 0) is 55.3 Å². The maximum atomic E-state index is 13.0. The summed E-state index contributed by atoms with van der Waals surface area (Å²) in [4.78, 5) is 27.2. The van der Waals surface area contributed by atoms with Crippen molar-refractivity contribution in [3.8, 4) is 5.75 Å². The summed E-state index contributed by atoms with van der Waals surface area (Å²) in [6.45, 7) is 7.37. The van der Waals surface area contributed by atoms with E-state index in [0.29, 0.717) is 36.0 Å². The van der Waals surface area contributed by atoms with Crippen molar-refractivity contribution in [3.63, 3.8) is 0 Å². The van der Waals surface area contributed by atoms with Crippen LogP contribution in [-0.4, -0.2) is 31.5 Å². The Hall–Kier alpha value is -3.80. The van der Waals surface area contributed by atoms with Crippen molar-refractivity contribution < 1.29 is 14.3 Å². The molecule has 33 heavy (non-hydrogen) atoms. The van der Waals surface area contributed by atoms with Crippen LogP contribution in [0.25, 0.3) is 0 Å². The van der Waals surface area contributed by atoms with Crippen molar-refractivity contribution in [2.24, 2.45) is 5.92 Å². The van der Waals surface area contributed by atoms with Gasteiger partial charge in [-0.1, -0.05) is 44.2 Å². The van der Waals surface area contributed by atoms with Gasteiger partial charge in [-0.2, -0.15) is 0 Å². The molecule has 0 bridgehead atoms. The number of nitrogens with one attached hydrogen (secondary N) is 2. The molecule has 6 nitrogen and oxygen atoms in total. The molecule has 0 unspecified atom stereocenters. The lowest BCUT2D eigenvalue weighted by molar-refractivity contribution is -0.114. The van der Waals surface area contributed by atoms with E-state index in [1.807, 2.05) is 73.7 Å². The van der Waals surface area contributed by atoms with Crippen LogP contribution in [0.4, 0.5) is 17.1 Å². The molecule has 2 amide bonds. The first-order chi connectivity index (χ1) is 16.0. The van der Waals surface area contributed by atoms with Crippen molar-refractivity contribution >= 4 is 28.9 Å². The molecule has 2 N–H and O–H groups in total. The molecule has 0 saturated carbocycles. The van der Waals surface area contributed by atoms with Crippen molar-refractivity contribution in [2.45, 2.75) is 20.8 Å². The Labute approximate surface area is 195 Å². The minimum Gasteiger partial charge on any atom is -0.493 e. The number of ether oxygens (including phenoxy) is 1. The highest BCUT2D eigenvalue weighted by atomic mass is 16.5. The topological polar surface area (TPSA) is 70.7 Å². The average Bonchev–Trinajstić information content (AvgIpc) is 2.83. The summed E-state index contributed by atoms with van der Waals surface area (Å²) in [6, 6.07) is 24.1. The van der Waals surface area contributed by atoms with E-state index >= 15 is 0 Å². The summed E-state index contributed by atoms with van der Waals surface area (Å²) in [7, 11) is 0. The predicted molar refractivity (Wildman–Crippen MR) is 134 cm³/mol. The molecular weight excluding hydrogens is 414 g/mol. The van der Waals surface area contributed by atoms with Crippen molar-refractivity contribution in [1.82, 2.24) is 0 Å². The summed E-state index contributed by atoms with van der Waals surface area (Å²) in [5, 5.41) is 5.97. The fourth-order valence-electron chi connectivity index (χ4n) is 3.28. The Morgan fingerprint density at radius 2 is 1.64 bits per heavy atom. The number of hydrogen-bond acceptors (Lipinski definition) is 4. The zero-order valence-corrected chi connectivity index (χ0v) is 19.4. The highest BCUT2D eigenvalue weighted by Gasteiger charge is 2.16. The van der Waals surface area contributed by atoms with Gasteiger partial charge >= 0.3 is 0 Å². The van der Waals surface area contributed by atoms with Crippen LogP contribution >= 0.6 is 0 Å². The van der Waals surface area contributed by atoms with E-state index in [0.717, 1.165) is 11.4 Å². The van der Waals surface area contributed by atoms with Crippen LogP contribution in [0.3, 0.4) is 0 Å². The van der Waals surface area contributed by atoms with E-state index < -0.39 is 0 Å². The zero-order valence-electron chi connectivity index (χ0n) is 19.4. The largest absolute Gasteiger partial charge is 0.493 e. The van der Waals surface area contributed by atoms with E-state index in [1.54, 1.807) is 17.0 Å². The number of carbonyl (C=O) groups is 2. The quantitative estimate of drug-likeness (QED) is 0.436. The first-order valence-electron chi connectivity index (χ1n) is 11.2. The molecule has 0 fully saturated rings. The standard InChI is InChI=1S/C27H31N3O3/c1-4-30(24-13-6-5-7-14-24)27(32)21-10-8-11-22(16-21)28-18-26(31)29-23-12-9-15-25(17-23)33-19-20(2)3/h5-17,20,28H,4,18-19H2,1-3H3,(H,29,31). The highest BCUT2D eigenvalue weighted by Crippen LogP contribution is 2.20. The molecule has 0 atom stereocenters. The van der Waals surface area contributed by atoms with Crippen LogP contribution in [-0.2, 0) is 4.79 Å². The third kappa shape index (κ3) is 7.10. The van der Waals surface area contributed by atoms with Gasteiger partial charge < -0.3 is 20.3 Å². The molecule has 0 saturated heterocycles. The van der Waals surface area contributed by atoms with Gasteiger partial charge in [0.1, 0.15) is 5.75 Å². The molecule has 172 valence electrons. The molecule has 0 spiro atoms. The molecule has 6 heteroatoms. The number of anilines is 3. The Balaban J connectivity index is 1.59. The van der Waals surface area contributed by atoms with E-state index in [4.69, 9.17) is 4.74 Å². The van der Waals surface area contributed by atoms with Gasteiger partial charge in [-0.25, -0.2) is 0 Å². The van der Waals surface area contributed by atoms with Crippen molar-refractivity contribution in [3.05, 3.63) is 84.4 Å². The molecule has 0 aliphatic rings. The fraction of sp³-hybridized carbons (Fsp3) is 0.259. The molecule has 3 aromatic rings. The van der Waals surface area contributed by atoms with Gasteiger partial charge in [0.2, 0.25) is 5.91 Å². The van der Waals surface area contributed by atoms with Gasteiger partial charge in [0.05, 0.1) is 13.2 Å². The summed E-state index contributed by atoms with van der Waals surface area (Å²) in [6.07, 6.45) is 0. The second-order valence-corrected chi connectivity index (χ2v) is 8.10.